The number of likely N-dealkylation sites (N-methyl/N-ethyl adjacent to an activating group) is 1. The molecule has 2 fully saturated rings. The summed E-state index contributed by atoms with van der Waals surface area (Å²) in [5.41, 5.74) is -0.293. The minimum atomic E-state index is -4.52. The van der Waals surface area contributed by atoms with Gasteiger partial charge in [-0.05, 0) is 69.5 Å². The van der Waals surface area contributed by atoms with Crippen LogP contribution in [0.4, 0.5) is 18.9 Å². The fourth-order valence-electron chi connectivity index (χ4n) is 4.53. The van der Waals surface area contributed by atoms with E-state index in [1.807, 2.05) is 32.6 Å². The summed E-state index contributed by atoms with van der Waals surface area (Å²) in [6.45, 7) is 14.2. The normalized spacial score (nSPS) is 20.3. The van der Waals surface area contributed by atoms with Gasteiger partial charge in [-0.15, -0.1) is 0 Å². The molecule has 0 aliphatic carbocycles. The zero-order valence-electron chi connectivity index (χ0n) is 22.1. The van der Waals surface area contributed by atoms with Gasteiger partial charge in [0.15, 0.2) is 0 Å². The highest BCUT2D eigenvalue weighted by Crippen LogP contribution is 2.37. The zero-order valence-corrected chi connectivity index (χ0v) is 22.1. The number of amides is 1. The Labute approximate surface area is 217 Å². The van der Waals surface area contributed by atoms with Gasteiger partial charge in [0.05, 0.1) is 16.8 Å². The van der Waals surface area contributed by atoms with E-state index < -0.39 is 36.0 Å². The van der Waals surface area contributed by atoms with Crippen LogP contribution in [0.1, 0.15) is 56.1 Å². The molecule has 0 atom stereocenters. The Bertz CT molecular complexity index is 1100. The summed E-state index contributed by atoms with van der Waals surface area (Å²) >= 11 is 0. The van der Waals surface area contributed by atoms with Crippen LogP contribution in [0.25, 0.3) is 0 Å². The summed E-state index contributed by atoms with van der Waals surface area (Å²) in [7, 11) is -0.561. The molecule has 0 aromatic heterocycles. The summed E-state index contributed by atoms with van der Waals surface area (Å²) < 4.78 is 53.8. The number of rotatable bonds is 6. The lowest BCUT2D eigenvalue weighted by molar-refractivity contribution is -0.138. The Morgan fingerprint density at radius 1 is 0.946 bits per heavy atom. The highest BCUT2D eigenvalue weighted by molar-refractivity contribution is 6.62. The van der Waals surface area contributed by atoms with Gasteiger partial charge in [0.1, 0.15) is 0 Å². The maximum atomic E-state index is 13.9. The predicted molar refractivity (Wildman–Crippen MR) is 139 cm³/mol. The summed E-state index contributed by atoms with van der Waals surface area (Å²) in [4.78, 5) is 17.1. The van der Waals surface area contributed by atoms with E-state index in [1.165, 1.54) is 12.1 Å². The molecule has 1 amide bonds. The Balaban J connectivity index is 1.44. The van der Waals surface area contributed by atoms with Crippen molar-refractivity contribution in [1.29, 1.82) is 0 Å². The van der Waals surface area contributed by atoms with Crippen molar-refractivity contribution >= 4 is 24.2 Å². The summed E-state index contributed by atoms with van der Waals surface area (Å²) in [6, 6.07) is 10.7. The van der Waals surface area contributed by atoms with E-state index in [9.17, 15) is 18.0 Å². The Morgan fingerprint density at radius 3 is 2.05 bits per heavy atom. The number of hydrogen-bond acceptors (Lipinski definition) is 5. The highest BCUT2D eigenvalue weighted by atomic mass is 19.4. The Morgan fingerprint density at radius 2 is 1.51 bits per heavy atom. The molecule has 2 heterocycles. The van der Waals surface area contributed by atoms with Crippen LogP contribution < -0.4 is 10.8 Å². The van der Waals surface area contributed by atoms with Crippen molar-refractivity contribution in [2.45, 2.75) is 58.5 Å². The fraction of sp³-hybridized carbons (Fsp3) is 0.519. The second-order valence-corrected chi connectivity index (χ2v) is 10.7. The smallest absolute Gasteiger partial charge is 0.399 e. The molecule has 2 aromatic rings. The lowest BCUT2D eigenvalue weighted by Crippen LogP contribution is -2.45. The van der Waals surface area contributed by atoms with Gasteiger partial charge in [-0.25, -0.2) is 0 Å². The monoisotopic (exact) mass is 517 g/mol. The van der Waals surface area contributed by atoms with Crippen LogP contribution in [-0.4, -0.2) is 66.8 Å². The first kappa shape index (κ1) is 27.6. The van der Waals surface area contributed by atoms with Gasteiger partial charge in [-0.1, -0.05) is 25.1 Å². The maximum absolute atomic E-state index is 13.9. The first-order chi connectivity index (χ1) is 17.3. The average molecular weight is 517 g/mol. The van der Waals surface area contributed by atoms with Crippen molar-refractivity contribution in [2.24, 2.45) is 0 Å². The van der Waals surface area contributed by atoms with Crippen molar-refractivity contribution in [1.82, 2.24) is 9.80 Å². The number of carbonyl (C=O) groups excluding carboxylic acids is 1. The number of carbonyl (C=O) groups is 1. The van der Waals surface area contributed by atoms with Gasteiger partial charge in [-0.2, -0.15) is 13.2 Å². The molecule has 2 saturated heterocycles. The molecule has 2 aliphatic heterocycles. The standard InChI is InChI=1S/C27H35BF3N3O3/c1-6-33-13-15-34(16-14-33)18-20-9-12-22(17-23(20)27(29,30)31)32-24(35)19-7-10-21(11-8-19)28-36-25(2,3)26(4,5)37-28/h7-12,17H,6,13-16,18H2,1-5H3,(H,32,35). The number of nitrogens with one attached hydrogen (secondary N) is 1. The van der Waals surface area contributed by atoms with E-state index in [0.29, 0.717) is 5.56 Å². The minimum Gasteiger partial charge on any atom is -0.399 e. The number of anilines is 1. The third kappa shape index (κ3) is 6.20. The van der Waals surface area contributed by atoms with Crippen LogP contribution in [0, 0.1) is 0 Å². The van der Waals surface area contributed by atoms with Gasteiger partial charge in [0.25, 0.3) is 5.91 Å². The molecule has 0 saturated carbocycles. The molecule has 0 radical (unpaired) electrons. The number of benzene rings is 2. The molecule has 2 aliphatic rings. The summed E-state index contributed by atoms with van der Waals surface area (Å²) in [5, 5.41) is 2.61. The van der Waals surface area contributed by atoms with E-state index in [1.54, 1.807) is 24.3 Å². The first-order valence-corrected chi connectivity index (χ1v) is 12.7. The van der Waals surface area contributed by atoms with Crippen LogP contribution in [0.3, 0.4) is 0 Å². The second kappa shape index (κ2) is 10.4. The van der Waals surface area contributed by atoms with Crippen molar-refractivity contribution in [3.8, 4) is 0 Å². The first-order valence-electron chi connectivity index (χ1n) is 12.7. The van der Waals surface area contributed by atoms with Crippen molar-refractivity contribution in [2.75, 3.05) is 38.0 Å². The SMILES string of the molecule is CCN1CCN(Cc2ccc(NC(=O)c3ccc(B4OC(C)(C)C(C)(C)O4)cc3)cc2C(F)(F)F)CC1. The third-order valence-electron chi connectivity index (χ3n) is 7.68. The van der Waals surface area contributed by atoms with Crippen LogP contribution in [0.2, 0.25) is 0 Å². The van der Waals surface area contributed by atoms with Crippen LogP contribution >= 0.6 is 0 Å². The van der Waals surface area contributed by atoms with Gasteiger partial charge in [0.2, 0.25) is 0 Å². The molecular formula is C27H35BF3N3O3. The molecule has 0 bridgehead atoms. The quantitative estimate of drug-likeness (QED) is 0.577. The van der Waals surface area contributed by atoms with Gasteiger partial charge in [-0.3, -0.25) is 9.69 Å². The van der Waals surface area contributed by atoms with E-state index >= 15 is 0 Å². The van der Waals surface area contributed by atoms with E-state index in [4.69, 9.17) is 9.31 Å². The largest absolute Gasteiger partial charge is 0.494 e. The molecule has 0 spiro atoms. The molecule has 2 aromatic carbocycles. The summed E-state index contributed by atoms with van der Waals surface area (Å²) in [5.74, 6) is -0.489. The maximum Gasteiger partial charge on any atom is 0.494 e. The lowest BCUT2D eigenvalue weighted by Gasteiger charge is -2.34. The number of piperazine rings is 1. The van der Waals surface area contributed by atoms with Crippen molar-refractivity contribution in [3.05, 3.63) is 59.2 Å². The van der Waals surface area contributed by atoms with Crippen molar-refractivity contribution < 1.29 is 27.3 Å². The van der Waals surface area contributed by atoms with Crippen LogP contribution in [0.15, 0.2) is 42.5 Å². The number of nitrogens with zero attached hydrogens (tertiary/aromatic N) is 2. The molecule has 37 heavy (non-hydrogen) atoms. The molecule has 4 rings (SSSR count). The molecule has 1 N–H and O–H groups in total. The lowest BCUT2D eigenvalue weighted by atomic mass is 9.79. The second-order valence-electron chi connectivity index (χ2n) is 10.7. The fourth-order valence-corrected chi connectivity index (χ4v) is 4.53. The van der Waals surface area contributed by atoms with Gasteiger partial charge in [0, 0.05) is 44.0 Å². The number of alkyl halides is 3. The van der Waals surface area contributed by atoms with E-state index in [-0.39, 0.29) is 17.8 Å². The molecular weight excluding hydrogens is 482 g/mol. The van der Waals surface area contributed by atoms with Crippen LogP contribution in [0.5, 0.6) is 0 Å². The topological polar surface area (TPSA) is 54.0 Å². The highest BCUT2D eigenvalue weighted by Gasteiger charge is 2.51. The van der Waals surface area contributed by atoms with Crippen LogP contribution in [-0.2, 0) is 22.0 Å². The number of halogens is 3. The van der Waals surface area contributed by atoms with Gasteiger partial charge >= 0.3 is 13.3 Å². The van der Waals surface area contributed by atoms with Gasteiger partial charge < -0.3 is 19.5 Å². The minimum absolute atomic E-state index is 0.104. The average Bonchev–Trinajstić information content (AvgIpc) is 3.06. The molecule has 10 heteroatoms. The molecule has 0 unspecified atom stereocenters. The summed E-state index contributed by atoms with van der Waals surface area (Å²) in [6.07, 6.45) is -4.52. The predicted octanol–water partition coefficient (Wildman–Crippen LogP) is 4.39. The third-order valence-corrected chi connectivity index (χ3v) is 7.68. The van der Waals surface area contributed by atoms with Crippen molar-refractivity contribution in [3.63, 3.8) is 0 Å². The molecule has 200 valence electrons. The number of hydrogen-bond donors (Lipinski definition) is 1. The molecule has 6 nitrogen and oxygen atoms in total. The van der Waals surface area contributed by atoms with E-state index in [0.717, 1.165) is 44.3 Å². The Kier molecular flexibility index (Phi) is 7.77. The Hall–Kier alpha value is -2.40. The van der Waals surface area contributed by atoms with E-state index in [2.05, 4.69) is 17.1 Å². The zero-order chi connectivity index (χ0) is 27.0.